The lowest BCUT2D eigenvalue weighted by atomic mass is 10.1. The first kappa shape index (κ1) is 12.6. The van der Waals surface area contributed by atoms with Gasteiger partial charge in [-0.3, -0.25) is 0 Å². The van der Waals surface area contributed by atoms with Crippen LogP contribution in [0.15, 0.2) is 48.7 Å². The summed E-state index contributed by atoms with van der Waals surface area (Å²) in [6.07, 6.45) is 1.71. The Morgan fingerprint density at radius 3 is 2.80 bits per heavy atom. The topological polar surface area (TPSA) is 62.5 Å². The van der Waals surface area contributed by atoms with Crippen molar-refractivity contribution in [3.8, 4) is 11.3 Å². The lowest BCUT2D eigenvalue weighted by molar-refractivity contribution is 0.281. The summed E-state index contributed by atoms with van der Waals surface area (Å²) >= 11 is 0. The van der Waals surface area contributed by atoms with E-state index in [1.807, 2.05) is 49.4 Å². The Hall–Kier alpha value is -2.40. The molecular formula is C15H16N4O. The Balaban J connectivity index is 2.11. The van der Waals surface area contributed by atoms with E-state index < -0.39 is 0 Å². The minimum atomic E-state index is -0.0478. The number of hydrogen-bond donors (Lipinski definition) is 2. The molecule has 102 valence electrons. The number of nitrogens with zero attached hydrogens (tertiary/aromatic N) is 3. The Morgan fingerprint density at radius 2 is 2.05 bits per heavy atom. The highest BCUT2D eigenvalue weighted by Gasteiger charge is 2.09. The number of benzene rings is 1. The van der Waals surface area contributed by atoms with Crippen molar-refractivity contribution in [3.63, 3.8) is 0 Å². The van der Waals surface area contributed by atoms with Crippen molar-refractivity contribution in [2.75, 3.05) is 11.9 Å². The van der Waals surface area contributed by atoms with Gasteiger partial charge >= 0.3 is 0 Å². The monoisotopic (exact) mass is 268 g/mol. The Bertz CT molecular complexity index is 708. The molecule has 0 bridgehead atoms. The minimum Gasteiger partial charge on any atom is -0.394 e. The van der Waals surface area contributed by atoms with E-state index >= 15 is 0 Å². The van der Waals surface area contributed by atoms with E-state index in [1.54, 1.807) is 10.7 Å². The molecule has 0 aliphatic heterocycles. The zero-order valence-corrected chi connectivity index (χ0v) is 11.2. The zero-order valence-electron chi connectivity index (χ0n) is 11.2. The fourth-order valence-electron chi connectivity index (χ4n) is 2.07. The quantitative estimate of drug-likeness (QED) is 0.761. The number of aliphatic hydroxyl groups is 1. The van der Waals surface area contributed by atoms with Crippen molar-refractivity contribution in [1.29, 1.82) is 0 Å². The van der Waals surface area contributed by atoms with Crippen LogP contribution in [-0.2, 0) is 0 Å². The fourth-order valence-corrected chi connectivity index (χ4v) is 2.07. The van der Waals surface area contributed by atoms with Crippen LogP contribution in [0, 0.1) is 0 Å². The molecular weight excluding hydrogens is 252 g/mol. The molecule has 0 spiro atoms. The molecule has 0 saturated carbocycles. The van der Waals surface area contributed by atoms with Crippen LogP contribution in [0.25, 0.3) is 16.9 Å². The van der Waals surface area contributed by atoms with Crippen molar-refractivity contribution in [2.45, 2.75) is 13.0 Å². The summed E-state index contributed by atoms with van der Waals surface area (Å²) in [6.45, 7) is 1.98. The molecule has 5 nitrogen and oxygen atoms in total. The number of aromatic nitrogens is 3. The van der Waals surface area contributed by atoms with Gasteiger partial charge in [-0.05, 0) is 6.92 Å². The van der Waals surface area contributed by atoms with Gasteiger partial charge in [0.25, 0.3) is 0 Å². The SMILES string of the molecule is C[C@@H](CO)Nc1cc(-c2ccccc2)nc2ccnn12. The largest absolute Gasteiger partial charge is 0.394 e. The van der Waals surface area contributed by atoms with E-state index in [0.717, 1.165) is 22.7 Å². The van der Waals surface area contributed by atoms with Crippen LogP contribution in [0.1, 0.15) is 6.92 Å². The third kappa shape index (κ3) is 2.35. The number of aliphatic hydroxyl groups excluding tert-OH is 1. The van der Waals surface area contributed by atoms with Crippen LogP contribution in [0.5, 0.6) is 0 Å². The van der Waals surface area contributed by atoms with Crippen LogP contribution in [0.2, 0.25) is 0 Å². The summed E-state index contributed by atoms with van der Waals surface area (Å²) in [6, 6.07) is 13.8. The van der Waals surface area contributed by atoms with Crippen molar-refractivity contribution in [3.05, 3.63) is 48.7 Å². The predicted molar refractivity (Wildman–Crippen MR) is 78.6 cm³/mol. The maximum Gasteiger partial charge on any atom is 0.157 e. The smallest absolute Gasteiger partial charge is 0.157 e. The molecule has 0 radical (unpaired) electrons. The lowest BCUT2D eigenvalue weighted by Crippen LogP contribution is -2.21. The minimum absolute atomic E-state index is 0.0478. The van der Waals surface area contributed by atoms with Gasteiger partial charge in [0.1, 0.15) is 5.82 Å². The molecule has 0 amide bonds. The highest BCUT2D eigenvalue weighted by atomic mass is 16.3. The third-order valence-corrected chi connectivity index (χ3v) is 3.10. The zero-order chi connectivity index (χ0) is 13.9. The molecule has 2 heterocycles. The van der Waals surface area contributed by atoms with Crippen LogP contribution < -0.4 is 5.32 Å². The lowest BCUT2D eigenvalue weighted by Gasteiger charge is -2.14. The van der Waals surface area contributed by atoms with Crippen LogP contribution >= 0.6 is 0 Å². The Labute approximate surface area is 116 Å². The van der Waals surface area contributed by atoms with E-state index in [2.05, 4.69) is 15.4 Å². The molecule has 0 aliphatic carbocycles. The first-order valence-corrected chi connectivity index (χ1v) is 6.55. The van der Waals surface area contributed by atoms with Crippen LogP contribution in [-0.4, -0.2) is 32.4 Å². The standard InChI is InChI=1S/C15H16N4O/c1-11(10-20)17-15-9-13(12-5-3-2-4-6-12)18-14-7-8-16-19(14)15/h2-9,11,17,20H,10H2,1H3/t11-/m0/s1. The van der Waals surface area contributed by atoms with Crippen LogP contribution in [0.3, 0.4) is 0 Å². The van der Waals surface area contributed by atoms with Crippen molar-refractivity contribution < 1.29 is 5.11 Å². The molecule has 2 aromatic heterocycles. The summed E-state index contributed by atoms with van der Waals surface area (Å²) in [5, 5.41) is 16.7. The highest BCUT2D eigenvalue weighted by molar-refractivity contribution is 5.66. The normalized spacial score (nSPS) is 12.5. The van der Waals surface area contributed by atoms with E-state index in [4.69, 9.17) is 0 Å². The molecule has 0 fully saturated rings. The van der Waals surface area contributed by atoms with Crippen molar-refractivity contribution in [2.24, 2.45) is 0 Å². The summed E-state index contributed by atoms with van der Waals surface area (Å²) < 4.78 is 1.73. The van der Waals surface area contributed by atoms with E-state index in [-0.39, 0.29) is 12.6 Å². The van der Waals surface area contributed by atoms with Gasteiger partial charge in [-0.25, -0.2) is 4.98 Å². The molecule has 0 unspecified atom stereocenters. The number of fused-ring (bicyclic) bond motifs is 1. The summed E-state index contributed by atoms with van der Waals surface area (Å²) in [5.74, 6) is 0.820. The second-order valence-corrected chi connectivity index (χ2v) is 4.72. The molecule has 0 aliphatic rings. The number of anilines is 1. The van der Waals surface area contributed by atoms with E-state index in [9.17, 15) is 5.11 Å². The predicted octanol–water partition coefficient (Wildman–Crippen LogP) is 2.19. The number of rotatable bonds is 4. The average Bonchev–Trinajstić information content (AvgIpc) is 2.96. The molecule has 20 heavy (non-hydrogen) atoms. The van der Waals surface area contributed by atoms with Gasteiger partial charge in [0.05, 0.1) is 18.5 Å². The van der Waals surface area contributed by atoms with Gasteiger partial charge < -0.3 is 10.4 Å². The van der Waals surface area contributed by atoms with E-state index in [0.29, 0.717) is 0 Å². The van der Waals surface area contributed by atoms with Gasteiger partial charge in [-0.2, -0.15) is 9.61 Å². The number of hydrogen-bond acceptors (Lipinski definition) is 4. The molecule has 1 atom stereocenters. The van der Waals surface area contributed by atoms with Gasteiger partial charge in [0.15, 0.2) is 5.65 Å². The first-order chi connectivity index (χ1) is 9.78. The van der Waals surface area contributed by atoms with Gasteiger partial charge in [0, 0.05) is 23.7 Å². The van der Waals surface area contributed by atoms with Crippen molar-refractivity contribution >= 4 is 11.5 Å². The molecule has 0 saturated heterocycles. The first-order valence-electron chi connectivity index (χ1n) is 6.55. The average molecular weight is 268 g/mol. The molecule has 3 aromatic rings. The molecule has 2 N–H and O–H groups in total. The maximum atomic E-state index is 9.20. The van der Waals surface area contributed by atoms with E-state index in [1.165, 1.54) is 0 Å². The second kappa shape index (κ2) is 5.30. The molecule has 3 rings (SSSR count). The van der Waals surface area contributed by atoms with Gasteiger partial charge in [-0.15, -0.1) is 0 Å². The summed E-state index contributed by atoms with van der Waals surface area (Å²) in [7, 11) is 0. The van der Waals surface area contributed by atoms with Crippen LogP contribution in [0.4, 0.5) is 5.82 Å². The second-order valence-electron chi connectivity index (χ2n) is 4.72. The third-order valence-electron chi connectivity index (χ3n) is 3.10. The maximum absolute atomic E-state index is 9.20. The summed E-state index contributed by atoms with van der Waals surface area (Å²) in [4.78, 5) is 4.60. The van der Waals surface area contributed by atoms with Crippen molar-refractivity contribution in [1.82, 2.24) is 14.6 Å². The molecule has 1 aromatic carbocycles. The Kier molecular flexibility index (Phi) is 3.35. The molecule has 5 heteroatoms. The Morgan fingerprint density at radius 1 is 1.25 bits per heavy atom. The fraction of sp³-hybridized carbons (Fsp3) is 0.200. The summed E-state index contributed by atoms with van der Waals surface area (Å²) in [5.41, 5.74) is 2.71. The number of nitrogens with one attached hydrogen (secondary N) is 1. The van der Waals surface area contributed by atoms with Gasteiger partial charge in [0.2, 0.25) is 0 Å². The van der Waals surface area contributed by atoms with Gasteiger partial charge in [-0.1, -0.05) is 30.3 Å². The highest BCUT2D eigenvalue weighted by Crippen LogP contribution is 2.22.